The lowest BCUT2D eigenvalue weighted by Crippen LogP contribution is -2.20. The van der Waals surface area contributed by atoms with E-state index in [-0.39, 0.29) is 0 Å². The van der Waals surface area contributed by atoms with Gasteiger partial charge in [0.05, 0.1) is 11.8 Å². The lowest BCUT2D eigenvalue weighted by atomic mass is 9.79. The van der Waals surface area contributed by atoms with Crippen LogP contribution in [0.25, 0.3) is 0 Å². The normalized spacial score (nSPS) is 28.7. The largest absolute Gasteiger partial charge is 0.387 e. The highest BCUT2D eigenvalue weighted by Crippen LogP contribution is 2.36. The first kappa shape index (κ1) is 10.6. The van der Waals surface area contributed by atoms with Crippen molar-refractivity contribution in [3.05, 3.63) is 24.3 Å². The van der Waals surface area contributed by atoms with Gasteiger partial charge in [0.1, 0.15) is 6.33 Å². The van der Waals surface area contributed by atoms with Gasteiger partial charge in [0.15, 0.2) is 0 Å². The average Bonchev–Trinajstić information content (AvgIpc) is 2.29. The van der Waals surface area contributed by atoms with Gasteiger partial charge in [-0.05, 0) is 30.7 Å². The van der Waals surface area contributed by atoms with E-state index in [1.54, 1.807) is 6.20 Å². The standard InChI is InChI=1S/C12H18N2O/c1-9-3-2-4-10(7-9)12(15)11-5-6-13-8-14-11/h5-6,8-10,12,15H,2-4,7H2,1H3. The van der Waals surface area contributed by atoms with Crippen molar-refractivity contribution in [2.75, 3.05) is 0 Å². The Morgan fingerprint density at radius 3 is 3.00 bits per heavy atom. The minimum Gasteiger partial charge on any atom is -0.387 e. The summed E-state index contributed by atoms with van der Waals surface area (Å²) < 4.78 is 0. The summed E-state index contributed by atoms with van der Waals surface area (Å²) in [6, 6.07) is 1.81. The molecule has 15 heavy (non-hydrogen) atoms. The first-order chi connectivity index (χ1) is 7.27. The van der Waals surface area contributed by atoms with Crippen LogP contribution in [0.15, 0.2) is 18.6 Å². The summed E-state index contributed by atoms with van der Waals surface area (Å²) in [5, 5.41) is 10.2. The zero-order valence-electron chi connectivity index (χ0n) is 9.13. The van der Waals surface area contributed by atoms with Crippen molar-refractivity contribution in [1.82, 2.24) is 9.97 Å². The van der Waals surface area contributed by atoms with Gasteiger partial charge in [-0.1, -0.05) is 19.8 Å². The number of aromatic nitrogens is 2. The molecule has 2 rings (SSSR count). The lowest BCUT2D eigenvalue weighted by Gasteiger charge is -2.29. The molecular weight excluding hydrogens is 188 g/mol. The molecule has 1 aliphatic rings. The van der Waals surface area contributed by atoms with E-state index in [4.69, 9.17) is 0 Å². The fourth-order valence-electron chi connectivity index (χ4n) is 2.49. The van der Waals surface area contributed by atoms with Crippen molar-refractivity contribution < 1.29 is 5.11 Å². The number of hydrogen-bond acceptors (Lipinski definition) is 3. The van der Waals surface area contributed by atoms with Crippen LogP contribution in [0, 0.1) is 11.8 Å². The number of rotatable bonds is 2. The molecule has 1 aromatic heterocycles. The van der Waals surface area contributed by atoms with Crippen molar-refractivity contribution in [2.24, 2.45) is 11.8 Å². The predicted octanol–water partition coefficient (Wildman–Crippen LogP) is 2.34. The molecule has 0 aromatic carbocycles. The Bertz CT molecular complexity index is 302. The van der Waals surface area contributed by atoms with E-state index in [2.05, 4.69) is 16.9 Å². The van der Waals surface area contributed by atoms with E-state index in [9.17, 15) is 5.11 Å². The molecule has 1 fully saturated rings. The first-order valence-corrected chi connectivity index (χ1v) is 5.71. The zero-order chi connectivity index (χ0) is 10.7. The molecule has 3 unspecified atom stereocenters. The summed E-state index contributed by atoms with van der Waals surface area (Å²) in [7, 11) is 0. The lowest BCUT2D eigenvalue weighted by molar-refractivity contribution is 0.0679. The van der Waals surface area contributed by atoms with Crippen LogP contribution in [0.4, 0.5) is 0 Å². The molecule has 0 amide bonds. The Morgan fingerprint density at radius 2 is 2.33 bits per heavy atom. The third-order valence-corrected chi connectivity index (χ3v) is 3.33. The third-order valence-electron chi connectivity index (χ3n) is 3.33. The quantitative estimate of drug-likeness (QED) is 0.807. The fraction of sp³-hybridized carbons (Fsp3) is 0.667. The molecule has 1 aliphatic carbocycles. The van der Waals surface area contributed by atoms with Crippen LogP contribution in [0.2, 0.25) is 0 Å². The fourth-order valence-corrected chi connectivity index (χ4v) is 2.49. The molecular formula is C12H18N2O. The molecule has 82 valence electrons. The number of aliphatic hydroxyl groups is 1. The molecule has 1 heterocycles. The minimum atomic E-state index is -0.407. The van der Waals surface area contributed by atoms with E-state index in [1.807, 2.05) is 6.07 Å². The summed E-state index contributed by atoms with van der Waals surface area (Å²) in [4.78, 5) is 7.98. The number of nitrogens with zero attached hydrogens (tertiary/aromatic N) is 2. The maximum Gasteiger partial charge on any atom is 0.115 e. The first-order valence-electron chi connectivity index (χ1n) is 5.71. The van der Waals surface area contributed by atoms with Crippen molar-refractivity contribution in [3.8, 4) is 0 Å². The smallest absolute Gasteiger partial charge is 0.115 e. The van der Waals surface area contributed by atoms with Gasteiger partial charge in [-0.25, -0.2) is 9.97 Å². The van der Waals surface area contributed by atoms with Crippen LogP contribution in [-0.2, 0) is 0 Å². The molecule has 3 heteroatoms. The summed E-state index contributed by atoms with van der Waals surface area (Å²) in [5.74, 6) is 1.11. The highest BCUT2D eigenvalue weighted by molar-refractivity contribution is 5.03. The summed E-state index contributed by atoms with van der Waals surface area (Å²) in [6.07, 6.45) is 7.56. The molecule has 0 aliphatic heterocycles. The van der Waals surface area contributed by atoms with E-state index in [0.717, 1.165) is 24.5 Å². The molecule has 3 nitrogen and oxygen atoms in total. The Labute approximate surface area is 90.6 Å². The molecule has 1 aromatic rings. The van der Waals surface area contributed by atoms with E-state index in [1.165, 1.54) is 19.2 Å². The second-order valence-electron chi connectivity index (χ2n) is 4.61. The Hall–Kier alpha value is -0.960. The highest BCUT2D eigenvalue weighted by Gasteiger charge is 2.26. The Balaban J connectivity index is 2.04. The van der Waals surface area contributed by atoms with Crippen LogP contribution < -0.4 is 0 Å². The summed E-state index contributed by atoms with van der Waals surface area (Å²) in [5.41, 5.74) is 0.768. The van der Waals surface area contributed by atoms with Crippen molar-refractivity contribution in [2.45, 2.75) is 38.7 Å². The summed E-state index contributed by atoms with van der Waals surface area (Å²) in [6.45, 7) is 2.26. The number of aliphatic hydroxyl groups excluding tert-OH is 1. The Kier molecular flexibility index (Phi) is 3.31. The van der Waals surface area contributed by atoms with Gasteiger partial charge in [0, 0.05) is 6.20 Å². The van der Waals surface area contributed by atoms with Crippen LogP contribution in [-0.4, -0.2) is 15.1 Å². The monoisotopic (exact) mass is 206 g/mol. The molecule has 0 bridgehead atoms. The predicted molar refractivity (Wildman–Crippen MR) is 58.1 cm³/mol. The molecule has 0 spiro atoms. The second-order valence-corrected chi connectivity index (χ2v) is 4.61. The number of hydrogen-bond donors (Lipinski definition) is 1. The maximum atomic E-state index is 10.2. The third kappa shape index (κ3) is 2.53. The molecule has 0 radical (unpaired) electrons. The van der Waals surface area contributed by atoms with Crippen molar-refractivity contribution in [3.63, 3.8) is 0 Å². The van der Waals surface area contributed by atoms with Crippen molar-refractivity contribution >= 4 is 0 Å². The highest BCUT2D eigenvalue weighted by atomic mass is 16.3. The molecule has 1 saturated carbocycles. The molecule has 3 atom stereocenters. The van der Waals surface area contributed by atoms with Gasteiger partial charge in [0.25, 0.3) is 0 Å². The van der Waals surface area contributed by atoms with Gasteiger partial charge in [0.2, 0.25) is 0 Å². The van der Waals surface area contributed by atoms with Gasteiger partial charge in [-0.3, -0.25) is 0 Å². The van der Waals surface area contributed by atoms with Gasteiger partial charge >= 0.3 is 0 Å². The van der Waals surface area contributed by atoms with E-state index in [0.29, 0.717) is 5.92 Å². The second kappa shape index (κ2) is 4.71. The van der Waals surface area contributed by atoms with Gasteiger partial charge < -0.3 is 5.11 Å². The topological polar surface area (TPSA) is 46.0 Å². The molecule has 1 N–H and O–H groups in total. The molecule has 0 saturated heterocycles. The zero-order valence-corrected chi connectivity index (χ0v) is 9.13. The van der Waals surface area contributed by atoms with Crippen LogP contribution in [0.5, 0.6) is 0 Å². The van der Waals surface area contributed by atoms with Crippen molar-refractivity contribution in [1.29, 1.82) is 0 Å². The van der Waals surface area contributed by atoms with Crippen LogP contribution in [0.3, 0.4) is 0 Å². The van der Waals surface area contributed by atoms with Gasteiger partial charge in [-0.2, -0.15) is 0 Å². The van der Waals surface area contributed by atoms with Crippen LogP contribution in [0.1, 0.15) is 44.4 Å². The Morgan fingerprint density at radius 1 is 1.47 bits per heavy atom. The van der Waals surface area contributed by atoms with Crippen LogP contribution >= 0.6 is 0 Å². The minimum absolute atomic E-state index is 0.378. The maximum absolute atomic E-state index is 10.2. The van der Waals surface area contributed by atoms with E-state index < -0.39 is 6.10 Å². The van der Waals surface area contributed by atoms with E-state index >= 15 is 0 Å². The van der Waals surface area contributed by atoms with Gasteiger partial charge in [-0.15, -0.1) is 0 Å². The average molecular weight is 206 g/mol. The summed E-state index contributed by atoms with van der Waals surface area (Å²) >= 11 is 0. The SMILES string of the molecule is CC1CCCC(C(O)c2ccncn2)C1.